The molecule has 0 aliphatic carbocycles. The van der Waals surface area contributed by atoms with Gasteiger partial charge in [0.1, 0.15) is 0 Å². The third kappa shape index (κ3) is 2.84. The summed E-state index contributed by atoms with van der Waals surface area (Å²) in [6.07, 6.45) is 0.965. The van der Waals surface area contributed by atoms with Gasteiger partial charge < -0.3 is 9.52 Å². The Hall–Kier alpha value is -2.50. The molecule has 1 aliphatic rings. The van der Waals surface area contributed by atoms with Crippen LogP contribution in [0.1, 0.15) is 23.1 Å². The molecule has 5 nitrogen and oxygen atoms in total. The van der Waals surface area contributed by atoms with Crippen molar-refractivity contribution in [3.8, 4) is 11.5 Å². The molecule has 1 atom stereocenters. The summed E-state index contributed by atoms with van der Waals surface area (Å²) in [5.74, 6) is 1.11. The third-order valence-corrected chi connectivity index (χ3v) is 4.52. The molecule has 5 heteroatoms. The standard InChI is InChI=1S/C19H19N3O2/c23-13-17-16-9-5-4-6-14(16)10-11-22(17)12-18-20-21-19(24-18)15-7-2-1-3-8-15/h1-9,17,23H,10-13H2. The van der Waals surface area contributed by atoms with Crippen molar-refractivity contribution in [3.05, 3.63) is 71.6 Å². The van der Waals surface area contributed by atoms with Crippen LogP contribution in [0.25, 0.3) is 11.5 Å². The van der Waals surface area contributed by atoms with Gasteiger partial charge in [0, 0.05) is 12.1 Å². The molecule has 1 N–H and O–H groups in total. The average molecular weight is 321 g/mol. The predicted molar refractivity (Wildman–Crippen MR) is 90.1 cm³/mol. The molecule has 1 aliphatic heterocycles. The topological polar surface area (TPSA) is 62.4 Å². The first-order valence-corrected chi connectivity index (χ1v) is 8.15. The number of benzene rings is 2. The number of hydrogen-bond donors (Lipinski definition) is 1. The zero-order chi connectivity index (χ0) is 16.4. The Morgan fingerprint density at radius 3 is 2.67 bits per heavy atom. The van der Waals surface area contributed by atoms with Crippen molar-refractivity contribution >= 4 is 0 Å². The molecule has 0 saturated carbocycles. The number of nitrogens with zero attached hydrogens (tertiary/aromatic N) is 3. The molecule has 1 aromatic heterocycles. The van der Waals surface area contributed by atoms with E-state index in [-0.39, 0.29) is 12.6 Å². The van der Waals surface area contributed by atoms with Crippen LogP contribution < -0.4 is 0 Å². The quantitative estimate of drug-likeness (QED) is 0.800. The fourth-order valence-corrected chi connectivity index (χ4v) is 3.30. The van der Waals surface area contributed by atoms with E-state index in [1.807, 2.05) is 42.5 Å². The predicted octanol–water partition coefficient (Wildman–Crippen LogP) is 2.83. The monoisotopic (exact) mass is 321 g/mol. The van der Waals surface area contributed by atoms with Crippen molar-refractivity contribution in [1.82, 2.24) is 15.1 Å². The van der Waals surface area contributed by atoms with Gasteiger partial charge in [-0.3, -0.25) is 4.90 Å². The second kappa shape index (κ2) is 6.55. The highest BCUT2D eigenvalue weighted by molar-refractivity contribution is 5.51. The summed E-state index contributed by atoms with van der Waals surface area (Å²) in [5, 5.41) is 18.2. The van der Waals surface area contributed by atoms with E-state index in [2.05, 4.69) is 27.2 Å². The smallest absolute Gasteiger partial charge is 0.247 e. The zero-order valence-corrected chi connectivity index (χ0v) is 13.3. The molecule has 0 fully saturated rings. The van der Waals surface area contributed by atoms with Crippen LogP contribution in [0.4, 0.5) is 0 Å². The van der Waals surface area contributed by atoms with Gasteiger partial charge in [0.2, 0.25) is 11.8 Å². The van der Waals surface area contributed by atoms with Gasteiger partial charge in [-0.05, 0) is 29.7 Å². The highest BCUT2D eigenvalue weighted by Gasteiger charge is 2.27. The van der Waals surface area contributed by atoms with Gasteiger partial charge in [-0.15, -0.1) is 10.2 Å². The molecular formula is C19H19N3O2. The van der Waals surface area contributed by atoms with Crippen molar-refractivity contribution in [2.45, 2.75) is 19.0 Å². The lowest BCUT2D eigenvalue weighted by molar-refractivity contribution is 0.0997. The van der Waals surface area contributed by atoms with Gasteiger partial charge in [0.25, 0.3) is 0 Å². The molecule has 0 bridgehead atoms. The highest BCUT2D eigenvalue weighted by Crippen LogP contribution is 2.30. The number of hydrogen-bond acceptors (Lipinski definition) is 5. The van der Waals surface area contributed by atoms with E-state index < -0.39 is 0 Å². The van der Waals surface area contributed by atoms with Gasteiger partial charge in [0.15, 0.2) is 0 Å². The normalized spacial score (nSPS) is 17.6. The molecule has 122 valence electrons. The first-order chi connectivity index (χ1) is 11.8. The number of aliphatic hydroxyl groups excluding tert-OH is 1. The Morgan fingerprint density at radius 1 is 1.04 bits per heavy atom. The Bertz CT molecular complexity index is 816. The molecule has 0 amide bonds. The van der Waals surface area contributed by atoms with Gasteiger partial charge in [-0.1, -0.05) is 42.5 Å². The molecule has 4 rings (SSSR count). The van der Waals surface area contributed by atoms with Crippen LogP contribution in [0, 0.1) is 0 Å². The molecular weight excluding hydrogens is 302 g/mol. The molecule has 3 aromatic rings. The van der Waals surface area contributed by atoms with Crippen LogP contribution in [0.15, 0.2) is 59.0 Å². The molecule has 1 unspecified atom stereocenters. The van der Waals surface area contributed by atoms with Crippen molar-refractivity contribution in [2.24, 2.45) is 0 Å². The minimum Gasteiger partial charge on any atom is -0.419 e. The summed E-state index contributed by atoms with van der Waals surface area (Å²) in [4.78, 5) is 2.20. The first-order valence-electron chi connectivity index (χ1n) is 8.15. The summed E-state index contributed by atoms with van der Waals surface area (Å²) in [5.41, 5.74) is 3.41. The second-order valence-corrected chi connectivity index (χ2v) is 5.98. The van der Waals surface area contributed by atoms with Crippen LogP contribution >= 0.6 is 0 Å². The minimum absolute atomic E-state index is 0.0259. The lowest BCUT2D eigenvalue weighted by Crippen LogP contribution is -2.36. The highest BCUT2D eigenvalue weighted by atomic mass is 16.4. The van der Waals surface area contributed by atoms with Gasteiger partial charge >= 0.3 is 0 Å². The van der Waals surface area contributed by atoms with E-state index in [1.165, 1.54) is 11.1 Å². The Labute approximate surface area is 140 Å². The minimum atomic E-state index is -0.0259. The zero-order valence-electron chi connectivity index (χ0n) is 13.3. The maximum absolute atomic E-state index is 9.86. The molecule has 0 saturated heterocycles. The maximum Gasteiger partial charge on any atom is 0.247 e. The van der Waals surface area contributed by atoms with Crippen molar-refractivity contribution in [2.75, 3.05) is 13.2 Å². The number of fused-ring (bicyclic) bond motifs is 1. The SMILES string of the molecule is OCC1c2ccccc2CCN1Cc1nnc(-c2ccccc2)o1. The number of aliphatic hydroxyl groups is 1. The summed E-state index contributed by atoms with van der Waals surface area (Å²) in [6, 6.07) is 18.0. The summed E-state index contributed by atoms with van der Waals surface area (Å²) < 4.78 is 5.81. The van der Waals surface area contributed by atoms with E-state index in [0.717, 1.165) is 18.5 Å². The van der Waals surface area contributed by atoms with Gasteiger partial charge in [-0.25, -0.2) is 0 Å². The van der Waals surface area contributed by atoms with Crippen LogP contribution in [0.2, 0.25) is 0 Å². The van der Waals surface area contributed by atoms with Crippen molar-refractivity contribution < 1.29 is 9.52 Å². The average Bonchev–Trinajstić information content (AvgIpc) is 3.11. The lowest BCUT2D eigenvalue weighted by atomic mass is 9.93. The molecule has 24 heavy (non-hydrogen) atoms. The van der Waals surface area contributed by atoms with Crippen LogP contribution in [-0.2, 0) is 13.0 Å². The summed E-state index contributed by atoms with van der Waals surface area (Å²) in [7, 11) is 0. The Balaban J connectivity index is 1.55. The second-order valence-electron chi connectivity index (χ2n) is 5.98. The summed E-state index contributed by atoms with van der Waals surface area (Å²) >= 11 is 0. The van der Waals surface area contributed by atoms with Crippen LogP contribution in [0.3, 0.4) is 0 Å². The van der Waals surface area contributed by atoms with E-state index in [1.54, 1.807) is 0 Å². The third-order valence-electron chi connectivity index (χ3n) is 4.52. The number of aromatic nitrogens is 2. The molecule has 0 spiro atoms. The molecule has 2 heterocycles. The fraction of sp³-hybridized carbons (Fsp3) is 0.263. The fourth-order valence-electron chi connectivity index (χ4n) is 3.30. The van der Waals surface area contributed by atoms with E-state index in [0.29, 0.717) is 18.3 Å². The van der Waals surface area contributed by atoms with Crippen molar-refractivity contribution in [3.63, 3.8) is 0 Å². The van der Waals surface area contributed by atoms with Crippen molar-refractivity contribution in [1.29, 1.82) is 0 Å². The Morgan fingerprint density at radius 2 is 1.83 bits per heavy atom. The first kappa shape index (κ1) is 15.1. The van der Waals surface area contributed by atoms with E-state index in [4.69, 9.17) is 4.42 Å². The maximum atomic E-state index is 9.86. The molecule has 0 radical (unpaired) electrons. The summed E-state index contributed by atoms with van der Waals surface area (Å²) in [6.45, 7) is 1.49. The van der Waals surface area contributed by atoms with E-state index >= 15 is 0 Å². The van der Waals surface area contributed by atoms with Crippen LogP contribution in [0.5, 0.6) is 0 Å². The number of rotatable bonds is 4. The van der Waals surface area contributed by atoms with Crippen LogP contribution in [-0.4, -0.2) is 33.4 Å². The van der Waals surface area contributed by atoms with E-state index in [9.17, 15) is 5.11 Å². The van der Waals surface area contributed by atoms with Gasteiger partial charge in [0.05, 0.1) is 19.2 Å². The lowest BCUT2D eigenvalue weighted by Gasteiger charge is -2.35. The largest absolute Gasteiger partial charge is 0.419 e. The van der Waals surface area contributed by atoms with Gasteiger partial charge in [-0.2, -0.15) is 0 Å². The Kier molecular flexibility index (Phi) is 4.11. The molecule has 2 aromatic carbocycles.